The first kappa shape index (κ1) is 12.6. The first-order valence-electron chi connectivity index (χ1n) is 6.45. The SMILES string of the molecule is O=C(O)C1CCC(CN2C(=O)C3CCC(O3)C2=O)O1. The van der Waals surface area contributed by atoms with Gasteiger partial charge in [0, 0.05) is 0 Å². The number of hydrogen-bond donors (Lipinski definition) is 1. The number of fused-ring (bicyclic) bond motifs is 2. The average Bonchev–Trinajstić information content (AvgIpc) is 3.00. The van der Waals surface area contributed by atoms with Gasteiger partial charge in [-0.05, 0) is 25.7 Å². The van der Waals surface area contributed by atoms with Crippen LogP contribution in [0.3, 0.4) is 0 Å². The normalized spacial score (nSPS) is 38.0. The van der Waals surface area contributed by atoms with Gasteiger partial charge in [-0.25, -0.2) is 4.79 Å². The van der Waals surface area contributed by atoms with Crippen LogP contribution in [0.4, 0.5) is 0 Å². The van der Waals surface area contributed by atoms with Crippen molar-refractivity contribution in [3.63, 3.8) is 0 Å². The van der Waals surface area contributed by atoms with Gasteiger partial charge in [0.1, 0.15) is 12.2 Å². The molecule has 1 N–H and O–H groups in total. The third-order valence-corrected chi connectivity index (χ3v) is 3.87. The van der Waals surface area contributed by atoms with E-state index in [1.165, 1.54) is 4.90 Å². The second kappa shape index (κ2) is 4.57. The molecule has 7 heteroatoms. The molecule has 7 nitrogen and oxygen atoms in total. The lowest BCUT2D eigenvalue weighted by Gasteiger charge is -2.31. The van der Waals surface area contributed by atoms with Crippen molar-refractivity contribution in [1.29, 1.82) is 0 Å². The summed E-state index contributed by atoms with van der Waals surface area (Å²) in [4.78, 5) is 36.0. The van der Waals surface area contributed by atoms with E-state index in [9.17, 15) is 14.4 Å². The summed E-state index contributed by atoms with van der Waals surface area (Å²) < 4.78 is 10.6. The molecule has 0 saturated carbocycles. The van der Waals surface area contributed by atoms with Gasteiger partial charge in [-0.1, -0.05) is 0 Å². The average molecular weight is 269 g/mol. The van der Waals surface area contributed by atoms with Crippen LogP contribution < -0.4 is 0 Å². The molecule has 2 bridgehead atoms. The van der Waals surface area contributed by atoms with Gasteiger partial charge in [-0.15, -0.1) is 0 Å². The summed E-state index contributed by atoms with van der Waals surface area (Å²) in [6.07, 6.45) is -0.119. The molecule has 2 amide bonds. The van der Waals surface area contributed by atoms with E-state index in [0.29, 0.717) is 25.7 Å². The summed E-state index contributed by atoms with van der Waals surface area (Å²) >= 11 is 0. The largest absolute Gasteiger partial charge is 0.479 e. The lowest BCUT2D eigenvalue weighted by Crippen LogP contribution is -2.53. The topological polar surface area (TPSA) is 93.1 Å². The first-order valence-corrected chi connectivity index (χ1v) is 6.45. The van der Waals surface area contributed by atoms with Crippen LogP contribution in [0.1, 0.15) is 25.7 Å². The summed E-state index contributed by atoms with van der Waals surface area (Å²) in [5.74, 6) is -1.63. The van der Waals surface area contributed by atoms with E-state index in [0.717, 1.165) is 0 Å². The van der Waals surface area contributed by atoms with Crippen molar-refractivity contribution >= 4 is 17.8 Å². The van der Waals surface area contributed by atoms with Crippen molar-refractivity contribution in [1.82, 2.24) is 4.90 Å². The van der Waals surface area contributed by atoms with E-state index in [-0.39, 0.29) is 24.5 Å². The fraction of sp³-hybridized carbons (Fsp3) is 0.750. The van der Waals surface area contributed by atoms with Crippen LogP contribution >= 0.6 is 0 Å². The van der Waals surface area contributed by atoms with Crippen LogP contribution in [0.5, 0.6) is 0 Å². The highest BCUT2D eigenvalue weighted by atomic mass is 16.5. The van der Waals surface area contributed by atoms with Crippen LogP contribution in [0.15, 0.2) is 0 Å². The Hall–Kier alpha value is -1.47. The number of nitrogens with zero attached hydrogens (tertiary/aromatic N) is 1. The van der Waals surface area contributed by atoms with E-state index in [1.807, 2.05) is 0 Å². The highest BCUT2D eigenvalue weighted by Crippen LogP contribution is 2.30. The van der Waals surface area contributed by atoms with Crippen molar-refractivity contribution in [3.05, 3.63) is 0 Å². The standard InChI is InChI=1S/C12H15NO6/c14-10-7-3-4-8(19-7)11(15)13(10)5-6-1-2-9(18-6)12(16)17/h6-9H,1-5H2,(H,16,17). The van der Waals surface area contributed by atoms with Crippen molar-refractivity contribution in [2.75, 3.05) is 6.54 Å². The molecule has 0 spiro atoms. The smallest absolute Gasteiger partial charge is 0.332 e. The minimum absolute atomic E-state index is 0.137. The number of carbonyl (C=O) groups excluding carboxylic acids is 2. The lowest BCUT2D eigenvalue weighted by molar-refractivity contribution is -0.170. The van der Waals surface area contributed by atoms with Crippen LogP contribution in [0, 0.1) is 0 Å². The zero-order chi connectivity index (χ0) is 13.6. The number of ether oxygens (including phenoxy) is 2. The van der Waals surface area contributed by atoms with Crippen LogP contribution in [-0.4, -0.2) is 58.8 Å². The predicted octanol–water partition coefficient (Wildman–Crippen LogP) is -0.465. The molecular formula is C12H15NO6. The maximum Gasteiger partial charge on any atom is 0.332 e. The maximum atomic E-state index is 12.0. The molecule has 19 heavy (non-hydrogen) atoms. The molecule has 3 aliphatic rings. The molecule has 0 radical (unpaired) electrons. The summed E-state index contributed by atoms with van der Waals surface area (Å²) in [7, 11) is 0. The first-order chi connectivity index (χ1) is 9.06. The summed E-state index contributed by atoms with van der Waals surface area (Å²) in [6.45, 7) is 0.137. The number of imide groups is 1. The molecule has 3 heterocycles. The van der Waals surface area contributed by atoms with Crippen molar-refractivity contribution in [3.8, 4) is 0 Å². The van der Waals surface area contributed by atoms with Gasteiger partial charge in [0.15, 0.2) is 6.10 Å². The van der Waals surface area contributed by atoms with Gasteiger partial charge >= 0.3 is 5.97 Å². The number of amides is 2. The number of likely N-dealkylation sites (tertiary alicyclic amines) is 1. The quantitative estimate of drug-likeness (QED) is 0.696. The summed E-state index contributed by atoms with van der Waals surface area (Å²) in [5.41, 5.74) is 0. The molecule has 0 aliphatic carbocycles. The minimum atomic E-state index is -0.998. The fourth-order valence-corrected chi connectivity index (χ4v) is 2.86. The molecule has 0 aromatic heterocycles. The molecule has 3 saturated heterocycles. The van der Waals surface area contributed by atoms with Crippen LogP contribution in [0.2, 0.25) is 0 Å². The lowest BCUT2D eigenvalue weighted by atomic mass is 10.1. The van der Waals surface area contributed by atoms with Gasteiger partial charge in [-0.2, -0.15) is 0 Å². The highest BCUT2D eigenvalue weighted by molar-refractivity contribution is 6.02. The Morgan fingerprint density at radius 2 is 1.74 bits per heavy atom. The fourth-order valence-electron chi connectivity index (χ4n) is 2.86. The van der Waals surface area contributed by atoms with Gasteiger partial charge in [0.05, 0.1) is 12.6 Å². The minimum Gasteiger partial charge on any atom is -0.479 e. The Balaban J connectivity index is 1.65. The number of morpholine rings is 1. The Bertz CT molecular complexity index is 414. The van der Waals surface area contributed by atoms with Crippen molar-refractivity contribution in [2.45, 2.75) is 50.1 Å². The Kier molecular flexibility index (Phi) is 3.02. The van der Waals surface area contributed by atoms with Crippen LogP contribution in [-0.2, 0) is 23.9 Å². The molecule has 3 aliphatic heterocycles. The number of carbonyl (C=O) groups is 3. The number of rotatable bonds is 3. The molecule has 0 aromatic carbocycles. The third-order valence-electron chi connectivity index (χ3n) is 3.87. The van der Waals surface area contributed by atoms with Crippen LogP contribution in [0.25, 0.3) is 0 Å². The Morgan fingerprint density at radius 3 is 2.26 bits per heavy atom. The molecule has 0 aromatic rings. The number of aliphatic carboxylic acids is 1. The second-order valence-electron chi connectivity index (χ2n) is 5.14. The Labute approximate surface area is 109 Å². The third kappa shape index (κ3) is 2.12. The molecule has 3 fully saturated rings. The van der Waals surface area contributed by atoms with E-state index in [2.05, 4.69) is 0 Å². The molecular weight excluding hydrogens is 254 g/mol. The summed E-state index contributed by atoms with van der Waals surface area (Å²) in [5, 5.41) is 8.84. The second-order valence-corrected chi connectivity index (χ2v) is 5.14. The zero-order valence-electron chi connectivity index (χ0n) is 10.3. The summed E-state index contributed by atoms with van der Waals surface area (Å²) in [6, 6.07) is 0. The van der Waals surface area contributed by atoms with Crippen molar-refractivity contribution < 1.29 is 29.0 Å². The van der Waals surface area contributed by atoms with E-state index >= 15 is 0 Å². The zero-order valence-corrected chi connectivity index (χ0v) is 10.3. The highest BCUT2D eigenvalue weighted by Gasteiger charge is 2.47. The Morgan fingerprint density at radius 1 is 1.11 bits per heavy atom. The number of carboxylic acid groups (broad SMARTS) is 1. The van der Waals surface area contributed by atoms with Gasteiger partial charge < -0.3 is 14.6 Å². The molecule has 4 atom stereocenters. The monoisotopic (exact) mass is 269 g/mol. The van der Waals surface area contributed by atoms with Gasteiger partial charge in [0.25, 0.3) is 11.8 Å². The predicted molar refractivity (Wildman–Crippen MR) is 60.1 cm³/mol. The molecule has 3 rings (SSSR count). The van der Waals surface area contributed by atoms with Crippen molar-refractivity contribution in [2.24, 2.45) is 0 Å². The van der Waals surface area contributed by atoms with E-state index < -0.39 is 24.3 Å². The molecule has 4 unspecified atom stereocenters. The maximum absolute atomic E-state index is 12.0. The van der Waals surface area contributed by atoms with E-state index in [1.54, 1.807) is 0 Å². The number of hydrogen-bond acceptors (Lipinski definition) is 5. The van der Waals surface area contributed by atoms with E-state index in [4.69, 9.17) is 14.6 Å². The van der Waals surface area contributed by atoms with Gasteiger partial charge in [0.2, 0.25) is 0 Å². The van der Waals surface area contributed by atoms with Gasteiger partial charge in [-0.3, -0.25) is 14.5 Å². The number of carboxylic acids is 1. The molecule has 104 valence electrons.